The van der Waals surface area contributed by atoms with Gasteiger partial charge in [-0.15, -0.1) is 0 Å². The number of ether oxygens (including phenoxy) is 2. The number of nitrogens with one attached hydrogen (secondary N) is 2. The summed E-state index contributed by atoms with van der Waals surface area (Å²) < 4.78 is 23.9. The summed E-state index contributed by atoms with van der Waals surface area (Å²) in [5.74, 6) is 0.858. The highest BCUT2D eigenvalue weighted by Gasteiger charge is 2.24. The maximum Gasteiger partial charge on any atom is 0.409 e. The Labute approximate surface area is 159 Å². The van der Waals surface area contributed by atoms with E-state index in [0.29, 0.717) is 38.0 Å². The molecule has 1 aromatic carbocycles. The van der Waals surface area contributed by atoms with E-state index in [-0.39, 0.29) is 24.1 Å². The minimum absolute atomic E-state index is 0.156. The number of benzene rings is 1. The molecule has 1 fully saturated rings. The standard InChI is InChI=1S/C19H29FN4O3/c1-4-26-19(25)24-10-8-16(9-11-24)23-18(21-3)22-13-14(2)27-17-7-5-6-15(20)12-17/h5-7,12,14,16H,4,8-11,13H2,1-3H3,(H2,21,22,23). The first-order valence-corrected chi connectivity index (χ1v) is 9.33. The van der Waals surface area contributed by atoms with Crippen molar-refractivity contribution in [3.05, 3.63) is 30.1 Å². The molecular formula is C19H29FN4O3. The van der Waals surface area contributed by atoms with Crippen LogP contribution in [0.5, 0.6) is 5.75 Å². The molecule has 0 radical (unpaired) electrons. The van der Waals surface area contributed by atoms with Gasteiger partial charge in [0.15, 0.2) is 5.96 Å². The number of likely N-dealkylation sites (tertiary alicyclic amines) is 1. The van der Waals surface area contributed by atoms with Gasteiger partial charge in [0.2, 0.25) is 0 Å². The van der Waals surface area contributed by atoms with Gasteiger partial charge in [-0.25, -0.2) is 9.18 Å². The normalized spacial score (nSPS) is 16.6. The van der Waals surface area contributed by atoms with Gasteiger partial charge in [-0.3, -0.25) is 4.99 Å². The maximum absolute atomic E-state index is 13.2. The smallest absolute Gasteiger partial charge is 0.409 e. The summed E-state index contributed by atoms with van der Waals surface area (Å²) in [5, 5.41) is 6.59. The minimum atomic E-state index is -0.320. The second-order valence-electron chi connectivity index (χ2n) is 6.44. The van der Waals surface area contributed by atoms with Crippen molar-refractivity contribution in [2.24, 2.45) is 4.99 Å². The first-order valence-electron chi connectivity index (χ1n) is 9.33. The molecule has 1 amide bonds. The molecule has 1 aliphatic heterocycles. The van der Waals surface area contributed by atoms with E-state index in [1.807, 2.05) is 6.92 Å². The van der Waals surface area contributed by atoms with Crippen molar-refractivity contribution in [3.8, 4) is 5.75 Å². The number of amides is 1. The highest BCUT2D eigenvalue weighted by molar-refractivity contribution is 5.80. The number of piperidine rings is 1. The molecule has 1 aliphatic rings. The fourth-order valence-corrected chi connectivity index (χ4v) is 2.86. The monoisotopic (exact) mass is 380 g/mol. The van der Waals surface area contributed by atoms with Crippen molar-refractivity contribution in [1.82, 2.24) is 15.5 Å². The zero-order chi connectivity index (χ0) is 19.6. The van der Waals surface area contributed by atoms with Gasteiger partial charge in [-0.1, -0.05) is 6.07 Å². The van der Waals surface area contributed by atoms with Crippen LogP contribution in [-0.2, 0) is 4.74 Å². The quantitative estimate of drug-likeness (QED) is 0.585. The van der Waals surface area contributed by atoms with E-state index in [9.17, 15) is 9.18 Å². The Kier molecular flexibility index (Phi) is 8.16. The second kappa shape index (κ2) is 10.6. The third-order valence-corrected chi connectivity index (χ3v) is 4.28. The Morgan fingerprint density at radius 1 is 1.41 bits per heavy atom. The molecule has 1 unspecified atom stereocenters. The summed E-state index contributed by atoms with van der Waals surface area (Å²) in [6.45, 7) is 5.95. The van der Waals surface area contributed by atoms with Crippen LogP contribution in [0.2, 0.25) is 0 Å². The number of halogens is 1. The summed E-state index contributed by atoms with van der Waals surface area (Å²) >= 11 is 0. The van der Waals surface area contributed by atoms with Crippen LogP contribution in [0, 0.1) is 5.82 Å². The first-order chi connectivity index (χ1) is 13.0. The third kappa shape index (κ3) is 6.96. The van der Waals surface area contributed by atoms with Gasteiger partial charge in [0.1, 0.15) is 17.7 Å². The zero-order valence-electron chi connectivity index (χ0n) is 16.2. The van der Waals surface area contributed by atoms with Gasteiger partial charge >= 0.3 is 6.09 Å². The molecule has 1 atom stereocenters. The van der Waals surface area contributed by atoms with Crippen molar-refractivity contribution in [1.29, 1.82) is 0 Å². The molecule has 2 rings (SSSR count). The molecule has 0 aliphatic carbocycles. The van der Waals surface area contributed by atoms with E-state index in [0.717, 1.165) is 12.8 Å². The van der Waals surface area contributed by atoms with Crippen LogP contribution in [0.4, 0.5) is 9.18 Å². The number of rotatable bonds is 6. The number of carbonyl (C=O) groups excluding carboxylic acids is 1. The molecule has 8 heteroatoms. The molecule has 1 heterocycles. The molecule has 0 aromatic heterocycles. The van der Waals surface area contributed by atoms with E-state index in [4.69, 9.17) is 9.47 Å². The summed E-state index contributed by atoms with van der Waals surface area (Å²) in [6, 6.07) is 6.33. The summed E-state index contributed by atoms with van der Waals surface area (Å²) in [7, 11) is 1.71. The molecule has 7 nitrogen and oxygen atoms in total. The topological polar surface area (TPSA) is 75.2 Å². The van der Waals surface area contributed by atoms with E-state index < -0.39 is 0 Å². The van der Waals surface area contributed by atoms with Crippen molar-refractivity contribution in [3.63, 3.8) is 0 Å². The first kappa shape index (κ1) is 20.8. The van der Waals surface area contributed by atoms with Crippen LogP contribution in [0.1, 0.15) is 26.7 Å². The summed E-state index contributed by atoms with van der Waals surface area (Å²) in [6.07, 6.45) is 1.25. The molecule has 1 saturated heterocycles. The highest BCUT2D eigenvalue weighted by Crippen LogP contribution is 2.14. The number of carbonyl (C=O) groups is 1. The van der Waals surface area contributed by atoms with E-state index in [1.54, 1.807) is 31.0 Å². The number of nitrogens with zero attached hydrogens (tertiary/aromatic N) is 2. The molecule has 1 aromatic rings. The van der Waals surface area contributed by atoms with Gasteiger partial charge in [0.05, 0.1) is 13.2 Å². The maximum atomic E-state index is 13.2. The molecule has 0 spiro atoms. The van der Waals surface area contributed by atoms with Crippen molar-refractivity contribution in [2.75, 3.05) is 33.3 Å². The lowest BCUT2D eigenvalue weighted by atomic mass is 10.1. The average molecular weight is 380 g/mol. The fraction of sp³-hybridized carbons (Fsp3) is 0.579. The van der Waals surface area contributed by atoms with Crippen LogP contribution >= 0.6 is 0 Å². The van der Waals surface area contributed by atoms with Crippen molar-refractivity contribution >= 4 is 12.1 Å². The van der Waals surface area contributed by atoms with Crippen LogP contribution < -0.4 is 15.4 Å². The number of hydrogen-bond donors (Lipinski definition) is 2. The fourth-order valence-electron chi connectivity index (χ4n) is 2.86. The van der Waals surface area contributed by atoms with Crippen molar-refractivity contribution in [2.45, 2.75) is 38.8 Å². The number of aliphatic imine (C=N–C) groups is 1. The third-order valence-electron chi connectivity index (χ3n) is 4.28. The highest BCUT2D eigenvalue weighted by atomic mass is 19.1. The SMILES string of the molecule is CCOC(=O)N1CCC(NC(=NC)NCC(C)Oc2cccc(F)c2)CC1. The lowest BCUT2D eigenvalue weighted by Gasteiger charge is -2.32. The van der Waals surface area contributed by atoms with Gasteiger partial charge in [0, 0.05) is 32.2 Å². The Bertz CT molecular complexity index is 633. The van der Waals surface area contributed by atoms with Gasteiger partial charge < -0.3 is 25.0 Å². The average Bonchev–Trinajstić information content (AvgIpc) is 2.65. The zero-order valence-corrected chi connectivity index (χ0v) is 16.2. The largest absolute Gasteiger partial charge is 0.489 e. The minimum Gasteiger partial charge on any atom is -0.489 e. The van der Waals surface area contributed by atoms with Gasteiger partial charge in [-0.2, -0.15) is 0 Å². The predicted molar refractivity (Wildman–Crippen MR) is 103 cm³/mol. The van der Waals surface area contributed by atoms with E-state index in [1.165, 1.54) is 12.1 Å². The Hall–Kier alpha value is -2.51. The second-order valence-corrected chi connectivity index (χ2v) is 6.44. The molecule has 150 valence electrons. The Morgan fingerprint density at radius 2 is 2.15 bits per heavy atom. The predicted octanol–water partition coefficient (Wildman–Crippen LogP) is 2.38. The number of hydrogen-bond acceptors (Lipinski definition) is 4. The molecular weight excluding hydrogens is 351 g/mol. The molecule has 27 heavy (non-hydrogen) atoms. The molecule has 2 N–H and O–H groups in total. The lowest BCUT2D eigenvalue weighted by molar-refractivity contribution is 0.0963. The van der Waals surface area contributed by atoms with Gasteiger partial charge in [0.25, 0.3) is 0 Å². The Balaban J connectivity index is 1.72. The lowest BCUT2D eigenvalue weighted by Crippen LogP contribution is -2.50. The van der Waals surface area contributed by atoms with E-state index >= 15 is 0 Å². The molecule has 0 saturated carbocycles. The van der Waals surface area contributed by atoms with E-state index in [2.05, 4.69) is 15.6 Å². The summed E-state index contributed by atoms with van der Waals surface area (Å²) in [4.78, 5) is 17.7. The molecule has 0 bridgehead atoms. The van der Waals surface area contributed by atoms with Crippen LogP contribution in [0.3, 0.4) is 0 Å². The van der Waals surface area contributed by atoms with Crippen LogP contribution in [0.15, 0.2) is 29.3 Å². The van der Waals surface area contributed by atoms with Crippen LogP contribution in [0.25, 0.3) is 0 Å². The van der Waals surface area contributed by atoms with Gasteiger partial charge in [-0.05, 0) is 38.8 Å². The number of guanidine groups is 1. The summed E-state index contributed by atoms with van der Waals surface area (Å²) in [5.41, 5.74) is 0. The van der Waals surface area contributed by atoms with Crippen LogP contribution in [-0.4, -0.2) is 62.4 Å². The van der Waals surface area contributed by atoms with Crippen molar-refractivity contribution < 1.29 is 18.7 Å². The Morgan fingerprint density at radius 3 is 2.78 bits per heavy atom.